The van der Waals surface area contributed by atoms with E-state index in [2.05, 4.69) is 27.7 Å². The molecule has 104 valence electrons. The summed E-state index contributed by atoms with van der Waals surface area (Å²) in [6.07, 6.45) is 2.15. The zero-order chi connectivity index (χ0) is 13.6. The molecule has 0 unspecified atom stereocenters. The fourth-order valence-electron chi connectivity index (χ4n) is 3.24. The highest BCUT2D eigenvalue weighted by Crippen LogP contribution is 2.26. The molecule has 0 radical (unpaired) electrons. The summed E-state index contributed by atoms with van der Waals surface area (Å²) in [6.45, 7) is 6.76. The van der Waals surface area contributed by atoms with E-state index in [1.165, 1.54) is 5.69 Å². The van der Waals surface area contributed by atoms with Crippen molar-refractivity contribution in [3.8, 4) is 0 Å². The molecule has 0 spiro atoms. The molecule has 1 aromatic rings. The Morgan fingerprint density at radius 2 is 2.11 bits per heavy atom. The number of hydrogen-bond acceptors (Lipinski definition) is 3. The Bertz CT molecular complexity index is 490. The third-order valence-electron chi connectivity index (χ3n) is 4.37. The minimum absolute atomic E-state index is 0.112. The molecule has 19 heavy (non-hydrogen) atoms. The minimum atomic E-state index is 0.112. The lowest BCUT2D eigenvalue weighted by atomic mass is 10.1. The molecule has 2 fully saturated rings. The van der Waals surface area contributed by atoms with Crippen LogP contribution in [-0.2, 0) is 4.79 Å². The van der Waals surface area contributed by atoms with Gasteiger partial charge in [-0.1, -0.05) is 0 Å². The molecule has 0 aliphatic carbocycles. The third kappa shape index (κ3) is 2.16. The summed E-state index contributed by atoms with van der Waals surface area (Å²) in [6, 6.07) is 2.57. The van der Waals surface area contributed by atoms with E-state index in [-0.39, 0.29) is 6.04 Å². The lowest BCUT2D eigenvalue weighted by molar-refractivity contribution is -0.141. The third-order valence-corrected chi connectivity index (χ3v) is 4.37. The molecule has 2 aliphatic heterocycles. The lowest BCUT2D eigenvalue weighted by Gasteiger charge is -2.41. The molecule has 0 bridgehead atoms. The van der Waals surface area contributed by atoms with Crippen LogP contribution in [0.4, 0.5) is 0 Å². The number of nitrogens with zero attached hydrogens (tertiary/aromatic N) is 4. The van der Waals surface area contributed by atoms with Crippen LogP contribution in [0.1, 0.15) is 30.3 Å². The standard InChI is InChI=1S/C14H22N4O/c1-10-7-11(2)18(15-10)12-8-17(9-12)14(19)13-5-4-6-16(13)3/h7,12-13H,4-6,8-9H2,1-3H3/t13-/m0/s1. The van der Waals surface area contributed by atoms with Crippen LogP contribution in [0.15, 0.2) is 6.07 Å². The highest BCUT2D eigenvalue weighted by Gasteiger charge is 2.38. The van der Waals surface area contributed by atoms with Crippen LogP contribution in [0.5, 0.6) is 0 Å². The number of aryl methyl sites for hydroxylation is 2. The second kappa shape index (κ2) is 4.63. The van der Waals surface area contributed by atoms with E-state index in [9.17, 15) is 4.79 Å². The summed E-state index contributed by atoms with van der Waals surface area (Å²) < 4.78 is 2.07. The maximum absolute atomic E-state index is 12.4. The zero-order valence-corrected chi connectivity index (χ0v) is 12.0. The van der Waals surface area contributed by atoms with E-state index in [0.717, 1.165) is 38.2 Å². The van der Waals surface area contributed by atoms with Crippen LogP contribution >= 0.6 is 0 Å². The minimum Gasteiger partial charge on any atom is -0.337 e. The Morgan fingerprint density at radius 3 is 2.63 bits per heavy atom. The van der Waals surface area contributed by atoms with Crippen molar-refractivity contribution in [1.29, 1.82) is 0 Å². The summed E-state index contributed by atoms with van der Waals surface area (Å²) in [7, 11) is 2.05. The van der Waals surface area contributed by atoms with Crippen LogP contribution in [0.25, 0.3) is 0 Å². The van der Waals surface area contributed by atoms with Crippen molar-refractivity contribution in [2.45, 2.75) is 38.8 Å². The maximum atomic E-state index is 12.4. The highest BCUT2D eigenvalue weighted by atomic mass is 16.2. The second-order valence-corrected chi connectivity index (χ2v) is 5.91. The Labute approximate surface area is 114 Å². The molecule has 0 N–H and O–H groups in total. The van der Waals surface area contributed by atoms with Gasteiger partial charge in [0.25, 0.3) is 0 Å². The van der Waals surface area contributed by atoms with Crippen LogP contribution < -0.4 is 0 Å². The van der Waals surface area contributed by atoms with Crippen molar-refractivity contribution in [3.63, 3.8) is 0 Å². The van der Waals surface area contributed by atoms with Crippen molar-refractivity contribution in [2.75, 3.05) is 26.7 Å². The molecule has 3 rings (SSSR count). The average molecular weight is 262 g/mol. The van der Waals surface area contributed by atoms with Crippen LogP contribution in [0.2, 0.25) is 0 Å². The van der Waals surface area contributed by atoms with Gasteiger partial charge in [0.15, 0.2) is 0 Å². The van der Waals surface area contributed by atoms with E-state index >= 15 is 0 Å². The molecule has 5 nitrogen and oxygen atoms in total. The fraction of sp³-hybridized carbons (Fsp3) is 0.714. The monoisotopic (exact) mass is 262 g/mol. The SMILES string of the molecule is Cc1cc(C)n(C2CN(C(=O)[C@@H]3CCCN3C)C2)n1. The Balaban J connectivity index is 1.61. The molecular weight excluding hydrogens is 240 g/mol. The van der Waals surface area contributed by atoms with Crippen molar-refractivity contribution in [3.05, 3.63) is 17.5 Å². The first-order valence-electron chi connectivity index (χ1n) is 7.08. The second-order valence-electron chi connectivity index (χ2n) is 5.91. The van der Waals surface area contributed by atoms with Crippen molar-refractivity contribution >= 4 is 5.91 Å². The number of carbonyl (C=O) groups excluding carboxylic acids is 1. The topological polar surface area (TPSA) is 41.4 Å². The molecule has 2 saturated heterocycles. The summed E-state index contributed by atoms with van der Waals surface area (Å²) in [5, 5.41) is 4.51. The van der Waals surface area contributed by atoms with Gasteiger partial charge in [-0.25, -0.2) is 0 Å². The molecule has 2 aliphatic rings. The van der Waals surface area contributed by atoms with Gasteiger partial charge >= 0.3 is 0 Å². The molecule has 3 heterocycles. The normalized spacial score (nSPS) is 24.8. The molecule has 1 aromatic heterocycles. The summed E-state index contributed by atoms with van der Waals surface area (Å²) in [5.41, 5.74) is 2.24. The average Bonchev–Trinajstić information content (AvgIpc) is 2.83. The molecular formula is C14H22N4O. The first kappa shape index (κ1) is 12.7. The maximum Gasteiger partial charge on any atom is 0.240 e. The fourth-order valence-corrected chi connectivity index (χ4v) is 3.24. The van der Waals surface area contributed by atoms with Gasteiger partial charge in [0.05, 0.1) is 17.8 Å². The summed E-state index contributed by atoms with van der Waals surface area (Å²) >= 11 is 0. The van der Waals surface area contributed by atoms with E-state index in [1.54, 1.807) is 0 Å². The van der Waals surface area contributed by atoms with E-state index in [0.29, 0.717) is 11.9 Å². The smallest absolute Gasteiger partial charge is 0.240 e. The number of aromatic nitrogens is 2. The number of rotatable bonds is 2. The number of likely N-dealkylation sites (tertiary alicyclic amines) is 2. The largest absolute Gasteiger partial charge is 0.337 e. The van der Waals surface area contributed by atoms with Gasteiger partial charge in [0, 0.05) is 18.8 Å². The van der Waals surface area contributed by atoms with Crippen LogP contribution in [-0.4, -0.2) is 58.2 Å². The van der Waals surface area contributed by atoms with Crippen molar-refractivity contribution in [1.82, 2.24) is 19.6 Å². The molecule has 1 atom stereocenters. The van der Waals surface area contributed by atoms with Crippen molar-refractivity contribution < 1.29 is 4.79 Å². The Kier molecular flexibility index (Phi) is 3.09. The zero-order valence-electron chi connectivity index (χ0n) is 12.0. The van der Waals surface area contributed by atoms with Crippen LogP contribution in [0.3, 0.4) is 0 Å². The first-order chi connectivity index (χ1) is 9.06. The summed E-state index contributed by atoms with van der Waals surface area (Å²) in [4.78, 5) is 16.5. The van der Waals surface area contributed by atoms with E-state index in [4.69, 9.17) is 0 Å². The number of amides is 1. The van der Waals surface area contributed by atoms with E-state index in [1.807, 2.05) is 18.9 Å². The van der Waals surface area contributed by atoms with Gasteiger partial charge in [-0.3, -0.25) is 14.4 Å². The predicted octanol–water partition coefficient (Wildman–Crippen LogP) is 0.977. The number of carbonyl (C=O) groups is 1. The van der Waals surface area contributed by atoms with Gasteiger partial charge in [0.2, 0.25) is 5.91 Å². The highest BCUT2D eigenvalue weighted by molar-refractivity contribution is 5.83. The molecule has 5 heteroatoms. The predicted molar refractivity (Wildman–Crippen MR) is 73.0 cm³/mol. The van der Waals surface area contributed by atoms with Gasteiger partial charge < -0.3 is 4.90 Å². The number of hydrogen-bond donors (Lipinski definition) is 0. The number of likely N-dealkylation sites (N-methyl/N-ethyl adjacent to an activating group) is 1. The van der Waals surface area contributed by atoms with Gasteiger partial charge in [0.1, 0.15) is 0 Å². The van der Waals surface area contributed by atoms with Gasteiger partial charge in [-0.15, -0.1) is 0 Å². The van der Waals surface area contributed by atoms with E-state index < -0.39 is 0 Å². The van der Waals surface area contributed by atoms with Gasteiger partial charge in [-0.05, 0) is 46.3 Å². The van der Waals surface area contributed by atoms with Gasteiger partial charge in [-0.2, -0.15) is 5.10 Å². The van der Waals surface area contributed by atoms with Crippen molar-refractivity contribution in [2.24, 2.45) is 0 Å². The van der Waals surface area contributed by atoms with Crippen LogP contribution in [0, 0.1) is 13.8 Å². The quantitative estimate of drug-likeness (QED) is 0.798. The molecule has 0 aromatic carbocycles. The molecule has 1 amide bonds. The first-order valence-corrected chi connectivity index (χ1v) is 7.08. The molecule has 0 saturated carbocycles. The Hall–Kier alpha value is -1.36. The Morgan fingerprint density at radius 1 is 1.37 bits per heavy atom. The lowest BCUT2D eigenvalue weighted by Crippen LogP contribution is -2.56. The summed E-state index contributed by atoms with van der Waals surface area (Å²) in [5.74, 6) is 0.304.